The van der Waals surface area contributed by atoms with Gasteiger partial charge in [0.2, 0.25) is 0 Å². The van der Waals surface area contributed by atoms with Gasteiger partial charge < -0.3 is 24.8 Å². The molecular weight excluding hydrogens is 264 g/mol. The Balaban J connectivity index is 1.96. The van der Waals surface area contributed by atoms with Crippen LogP contribution in [0.4, 0.5) is 4.79 Å². The molecule has 7 nitrogen and oxygen atoms in total. The Morgan fingerprint density at radius 3 is 2.70 bits per heavy atom. The summed E-state index contributed by atoms with van der Waals surface area (Å²) in [6.07, 6.45) is 0.866. The summed E-state index contributed by atoms with van der Waals surface area (Å²) < 4.78 is 10.5. The fourth-order valence-electron chi connectivity index (χ4n) is 2.81. The summed E-state index contributed by atoms with van der Waals surface area (Å²) in [5.74, 6) is -1.04. The standard InChI is InChI=1S/C13H22N2O5/c1-13(2)9(6-10(13)19-3)14-12(18)15-4-5-20-7-8(15)11(16)17/h8-10H,4-7H2,1-3H3,(H,14,18)(H,16,17). The Bertz CT molecular complexity index is 398. The van der Waals surface area contributed by atoms with E-state index in [1.54, 1.807) is 7.11 Å². The van der Waals surface area contributed by atoms with Gasteiger partial charge in [-0.05, 0) is 6.42 Å². The first-order valence-electron chi connectivity index (χ1n) is 6.78. The average molecular weight is 286 g/mol. The van der Waals surface area contributed by atoms with Crippen molar-refractivity contribution in [2.45, 2.75) is 38.5 Å². The number of rotatable bonds is 3. The Labute approximate surface area is 118 Å². The molecule has 2 N–H and O–H groups in total. The monoisotopic (exact) mass is 286 g/mol. The Morgan fingerprint density at radius 2 is 2.15 bits per heavy atom. The highest BCUT2D eigenvalue weighted by molar-refractivity contribution is 5.83. The van der Waals surface area contributed by atoms with E-state index >= 15 is 0 Å². The van der Waals surface area contributed by atoms with E-state index in [9.17, 15) is 9.59 Å². The minimum absolute atomic E-state index is 0.00256. The number of hydrogen-bond acceptors (Lipinski definition) is 4. The summed E-state index contributed by atoms with van der Waals surface area (Å²) in [6, 6.07) is -1.25. The summed E-state index contributed by atoms with van der Waals surface area (Å²) in [5.41, 5.74) is -0.143. The molecule has 0 aromatic heterocycles. The van der Waals surface area contributed by atoms with Crippen molar-refractivity contribution < 1.29 is 24.2 Å². The van der Waals surface area contributed by atoms with Crippen molar-refractivity contribution in [2.24, 2.45) is 5.41 Å². The predicted octanol–water partition coefficient (Wildman–Crippen LogP) is 0.295. The van der Waals surface area contributed by atoms with E-state index in [0.29, 0.717) is 13.2 Å². The highest BCUT2D eigenvalue weighted by Crippen LogP contribution is 2.42. The lowest BCUT2D eigenvalue weighted by atomic mass is 9.64. The molecule has 3 unspecified atom stereocenters. The van der Waals surface area contributed by atoms with Crippen molar-refractivity contribution in [1.82, 2.24) is 10.2 Å². The molecule has 20 heavy (non-hydrogen) atoms. The van der Waals surface area contributed by atoms with Crippen LogP contribution in [0.1, 0.15) is 20.3 Å². The maximum atomic E-state index is 12.3. The van der Waals surface area contributed by atoms with Gasteiger partial charge in [0.1, 0.15) is 0 Å². The third-order valence-electron chi connectivity index (χ3n) is 4.43. The lowest BCUT2D eigenvalue weighted by molar-refractivity contribution is -0.147. The lowest BCUT2D eigenvalue weighted by Crippen LogP contribution is -2.65. The van der Waals surface area contributed by atoms with E-state index in [1.807, 2.05) is 13.8 Å². The van der Waals surface area contributed by atoms with Crippen LogP contribution in [-0.2, 0) is 14.3 Å². The van der Waals surface area contributed by atoms with Gasteiger partial charge in [0.15, 0.2) is 6.04 Å². The summed E-state index contributed by atoms with van der Waals surface area (Å²) in [5, 5.41) is 12.0. The van der Waals surface area contributed by atoms with E-state index in [4.69, 9.17) is 14.6 Å². The molecule has 0 aromatic carbocycles. The van der Waals surface area contributed by atoms with Crippen molar-refractivity contribution in [3.63, 3.8) is 0 Å². The van der Waals surface area contributed by atoms with Crippen LogP contribution in [-0.4, -0.2) is 67.1 Å². The summed E-state index contributed by atoms with van der Waals surface area (Å²) >= 11 is 0. The molecule has 0 aromatic rings. The summed E-state index contributed by atoms with van der Waals surface area (Å²) in [4.78, 5) is 24.7. The second-order valence-electron chi connectivity index (χ2n) is 5.91. The van der Waals surface area contributed by atoms with Crippen LogP contribution in [0.3, 0.4) is 0 Å². The first-order chi connectivity index (χ1) is 9.37. The van der Waals surface area contributed by atoms with E-state index in [2.05, 4.69) is 5.32 Å². The molecule has 0 spiro atoms. The molecule has 0 bridgehead atoms. The number of carboxylic acids is 1. The van der Waals surface area contributed by atoms with Crippen LogP contribution in [0.2, 0.25) is 0 Å². The molecule has 1 aliphatic heterocycles. The topological polar surface area (TPSA) is 88.1 Å². The fraction of sp³-hybridized carbons (Fsp3) is 0.846. The molecule has 1 aliphatic carbocycles. The zero-order valence-electron chi connectivity index (χ0n) is 12.1. The smallest absolute Gasteiger partial charge is 0.328 e. The molecule has 1 saturated heterocycles. The molecule has 7 heteroatoms. The van der Waals surface area contributed by atoms with Crippen LogP contribution in [0.15, 0.2) is 0 Å². The van der Waals surface area contributed by atoms with Crippen molar-refractivity contribution in [3.05, 3.63) is 0 Å². The molecule has 3 atom stereocenters. The number of carbonyl (C=O) groups excluding carboxylic acids is 1. The number of methoxy groups -OCH3 is 1. The number of nitrogens with zero attached hydrogens (tertiary/aromatic N) is 1. The van der Waals surface area contributed by atoms with Crippen molar-refractivity contribution in [3.8, 4) is 0 Å². The van der Waals surface area contributed by atoms with Crippen LogP contribution < -0.4 is 5.32 Å². The Hall–Kier alpha value is -1.34. The molecule has 114 valence electrons. The second-order valence-corrected chi connectivity index (χ2v) is 5.91. The molecule has 2 aliphatic rings. The van der Waals surface area contributed by atoms with Crippen LogP contribution >= 0.6 is 0 Å². The first kappa shape index (κ1) is 15.1. The van der Waals surface area contributed by atoms with E-state index in [1.165, 1.54) is 4.90 Å². The third kappa shape index (κ3) is 2.60. The molecule has 2 fully saturated rings. The molecule has 1 heterocycles. The molecule has 2 amide bonds. The number of nitrogens with one attached hydrogen (secondary N) is 1. The van der Waals surface area contributed by atoms with Gasteiger partial charge >= 0.3 is 12.0 Å². The molecular formula is C13H22N2O5. The largest absolute Gasteiger partial charge is 0.480 e. The van der Waals surface area contributed by atoms with Crippen molar-refractivity contribution in [2.75, 3.05) is 26.9 Å². The van der Waals surface area contributed by atoms with Gasteiger partial charge in [0, 0.05) is 25.1 Å². The number of carbonyl (C=O) groups is 2. The van der Waals surface area contributed by atoms with Gasteiger partial charge in [0.25, 0.3) is 0 Å². The number of aliphatic carboxylic acids is 1. The van der Waals surface area contributed by atoms with E-state index in [-0.39, 0.29) is 30.2 Å². The Morgan fingerprint density at radius 1 is 1.45 bits per heavy atom. The highest BCUT2D eigenvalue weighted by Gasteiger charge is 2.50. The maximum Gasteiger partial charge on any atom is 0.328 e. The second kappa shape index (κ2) is 5.57. The summed E-state index contributed by atoms with van der Waals surface area (Å²) in [6.45, 7) is 4.76. The van der Waals surface area contributed by atoms with Gasteiger partial charge in [-0.3, -0.25) is 0 Å². The number of ether oxygens (including phenoxy) is 2. The lowest BCUT2D eigenvalue weighted by Gasteiger charge is -2.51. The first-order valence-corrected chi connectivity index (χ1v) is 6.78. The minimum atomic E-state index is -1.04. The SMILES string of the molecule is COC1CC(NC(=O)N2CCOCC2C(=O)O)C1(C)C. The van der Waals surface area contributed by atoms with Gasteiger partial charge in [-0.1, -0.05) is 13.8 Å². The summed E-state index contributed by atoms with van der Waals surface area (Å²) in [7, 11) is 1.66. The highest BCUT2D eigenvalue weighted by atomic mass is 16.5. The predicted molar refractivity (Wildman–Crippen MR) is 70.5 cm³/mol. The van der Waals surface area contributed by atoms with Crippen LogP contribution in [0.25, 0.3) is 0 Å². The van der Waals surface area contributed by atoms with Gasteiger partial charge in [-0.15, -0.1) is 0 Å². The number of amides is 2. The maximum absolute atomic E-state index is 12.3. The zero-order valence-corrected chi connectivity index (χ0v) is 12.1. The molecule has 1 saturated carbocycles. The zero-order chi connectivity index (χ0) is 14.9. The van der Waals surface area contributed by atoms with E-state index in [0.717, 1.165) is 6.42 Å². The van der Waals surface area contributed by atoms with Gasteiger partial charge in [0.05, 0.1) is 19.3 Å². The third-order valence-corrected chi connectivity index (χ3v) is 4.43. The Kier molecular flexibility index (Phi) is 4.19. The number of morpholine rings is 1. The normalized spacial score (nSPS) is 32.4. The van der Waals surface area contributed by atoms with Gasteiger partial charge in [-0.2, -0.15) is 0 Å². The van der Waals surface area contributed by atoms with Gasteiger partial charge in [-0.25, -0.2) is 9.59 Å². The van der Waals surface area contributed by atoms with E-state index < -0.39 is 12.0 Å². The number of hydrogen-bond donors (Lipinski definition) is 2. The quantitative estimate of drug-likeness (QED) is 0.779. The average Bonchev–Trinajstić information content (AvgIpc) is 2.42. The molecule has 2 rings (SSSR count). The van der Waals surface area contributed by atoms with Crippen molar-refractivity contribution >= 4 is 12.0 Å². The van der Waals surface area contributed by atoms with Crippen LogP contribution in [0, 0.1) is 5.41 Å². The van der Waals surface area contributed by atoms with Crippen molar-refractivity contribution in [1.29, 1.82) is 0 Å². The minimum Gasteiger partial charge on any atom is -0.480 e. The fourth-order valence-corrected chi connectivity index (χ4v) is 2.81. The number of urea groups is 1. The number of carboxylic acid groups (broad SMARTS) is 1. The molecule has 0 radical (unpaired) electrons. The van der Waals surface area contributed by atoms with Crippen LogP contribution in [0.5, 0.6) is 0 Å².